The van der Waals surface area contributed by atoms with E-state index in [1.807, 2.05) is 0 Å². The average molecular weight is 251 g/mol. The lowest BCUT2D eigenvalue weighted by Gasteiger charge is -2.37. The third-order valence-electron chi connectivity index (χ3n) is 4.84. The van der Waals surface area contributed by atoms with Crippen LogP contribution in [0, 0.1) is 5.92 Å². The largest absolute Gasteiger partial charge is 0.375 e. The van der Waals surface area contributed by atoms with Gasteiger partial charge in [0.2, 0.25) is 0 Å². The molecule has 0 amide bonds. The highest BCUT2D eigenvalue weighted by Crippen LogP contribution is 2.42. The van der Waals surface area contributed by atoms with E-state index in [2.05, 4.69) is 5.32 Å². The zero-order valence-corrected chi connectivity index (χ0v) is 11.2. The molecule has 1 N–H and O–H groups in total. The van der Waals surface area contributed by atoms with E-state index >= 15 is 0 Å². The van der Waals surface area contributed by atoms with Crippen molar-refractivity contribution in [1.82, 2.24) is 5.32 Å². The lowest BCUT2D eigenvalue weighted by atomic mass is 9.81. The Hall–Kier alpha value is -0.410. The van der Waals surface area contributed by atoms with Crippen LogP contribution in [0.2, 0.25) is 0 Å². The molecule has 3 fully saturated rings. The van der Waals surface area contributed by atoms with Gasteiger partial charge in [0.15, 0.2) is 0 Å². The fourth-order valence-corrected chi connectivity index (χ4v) is 3.56. The van der Waals surface area contributed by atoms with Crippen molar-refractivity contribution in [3.05, 3.63) is 0 Å². The van der Waals surface area contributed by atoms with E-state index in [-0.39, 0.29) is 11.5 Å². The Morgan fingerprint density at radius 3 is 2.72 bits per heavy atom. The van der Waals surface area contributed by atoms with Crippen LogP contribution in [0.3, 0.4) is 0 Å². The smallest absolute Gasteiger partial charge is 0.137 e. The van der Waals surface area contributed by atoms with Gasteiger partial charge < -0.3 is 10.1 Å². The normalized spacial score (nSPS) is 30.8. The maximum Gasteiger partial charge on any atom is 0.137 e. The summed E-state index contributed by atoms with van der Waals surface area (Å²) >= 11 is 0. The van der Waals surface area contributed by atoms with Crippen molar-refractivity contribution in [2.24, 2.45) is 5.92 Å². The van der Waals surface area contributed by atoms with E-state index < -0.39 is 0 Å². The Labute approximate surface area is 110 Å². The molecule has 0 aromatic carbocycles. The summed E-state index contributed by atoms with van der Waals surface area (Å²) in [6, 6.07) is 0.716. The third-order valence-corrected chi connectivity index (χ3v) is 4.84. The zero-order valence-electron chi connectivity index (χ0n) is 11.2. The van der Waals surface area contributed by atoms with Crippen molar-refractivity contribution in [1.29, 1.82) is 0 Å². The number of carbonyl (C=O) groups is 1. The van der Waals surface area contributed by atoms with Crippen LogP contribution in [-0.4, -0.2) is 30.6 Å². The molecule has 0 aromatic rings. The number of carbonyl (C=O) groups excluding carboxylic acids is 1. The number of hydrogen-bond acceptors (Lipinski definition) is 3. The van der Waals surface area contributed by atoms with E-state index in [0.29, 0.717) is 11.8 Å². The first-order valence-corrected chi connectivity index (χ1v) is 7.68. The van der Waals surface area contributed by atoms with Crippen molar-refractivity contribution in [2.75, 3.05) is 13.2 Å². The van der Waals surface area contributed by atoms with Crippen LogP contribution in [0.4, 0.5) is 0 Å². The van der Waals surface area contributed by atoms with Crippen LogP contribution < -0.4 is 5.32 Å². The van der Waals surface area contributed by atoms with Gasteiger partial charge in [0.05, 0.1) is 5.60 Å². The van der Waals surface area contributed by atoms with Gasteiger partial charge in [0.25, 0.3) is 0 Å². The molecule has 1 aliphatic heterocycles. The molecule has 3 heteroatoms. The second-order valence-electron chi connectivity index (χ2n) is 6.37. The van der Waals surface area contributed by atoms with E-state index in [0.717, 1.165) is 32.4 Å². The summed E-state index contributed by atoms with van der Waals surface area (Å²) in [5.41, 5.74) is 0.0858. The van der Waals surface area contributed by atoms with Crippen LogP contribution in [0.5, 0.6) is 0 Å². The first-order valence-electron chi connectivity index (χ1n) is 7.68. The number of rotatable bonds is 5. The maximum absolute atomic E-state index is 12.2. The Kier molecular flexibility index (Phi) is 3.71. The predicted octanol–water partition coefficient (Wildman–Crippen LogP) is 2.44. The van der Waals surface area contributed by atoms with Crippen LogP contribution in [-0.2, 0) is 9.53 Å². The Morgan fingerprint density at radius 1 is 1.22 bits per heavy atom. The lowest BCUT2D eigenvalue weighted by molar-refractivity contribution is -0.136. The van der Waals surface area contributed by atoms with Gasteiger partial charge in [-0.1, -0.05) is 12.8 Å². The van der Waals surface area contributed by atoms with Gasteiger partial charge in [-0.25, -0.2) is 0 Å². The van der Waals surface area contributed by atoms with Crippen molar-refractivity contribution >= 4 is 5.78 Å². The lowest BCUT2D eigenvalue weighted by Crippen LogP contribution is -2.40. The van der Waals surface area contributed by atoms with E-state index in [1.165, 1.54) is 38.5 Å². The Bertz CT molecular complexity index is 306. The molecule has 1 saturated heterocycles. The number of Topliss-reactive ketones (excluding diaryl/α,β-unsaturated/α-hetero) is 1. The Morgan fingerprint density at radius 2 is 2.00 bits per heavy atom. The predicted molar refractivity (Wildman–Crippen MR) is 70.5 cm³/mol. The van der Waals surface area contributed by atoms with Crippen molar-refractivity contribution < 1.29 is 9.53 Å². The molecule has 0 radical (unpaired) electrons. The summed E-state index contributed by atoms with van der Waals surface area (Å²) in [4.78, 5) is 12.2. The molecular weight excluding hydrogens is 226 g/mol. The number of ether oxygens (including phenoxy) is 1. The van der Waals surface area contributed by atoms with Crippen molar-refractivity contribution in [3.63, 3.8) is 0 Å². The summed E-state index contributed by atoms with van der Waals surface area (Å²) in [6.45, 7) is 1.68. The van der Waals surface area contributed by atoms with Gasteiger partial charge in [0.1, 0.15) is 5.78 Å². The standard InChI is InChI=1S/C15H25NO2/c17-14(5-9-16-13-3-4-13)12-6-10-18-15(11-12)7-1-2-8-15/h12-13,16H,1-11H2. The SMILES string of the molecule is O=C(CCNC1CC1)C1CCOC2(CCCC2)C1. The number of nitrogens with one attached hydrogen (secondary N) is 1. The summed E-state index contributed by atoms with van der Waals surface area (Å²) in [6.07, 6.45) is 10.2. The molecule has 1 atom stereocenters. The van der Waals surface area contributed by atoms with Gasteiger partial charge in [-0.3, -0.25) is 4.79 Å². The molecule has 0 aromatic heterocycles. The minimum atomic E-state index is 0.0858. The molecule has 0 bridgehead atoms. The van der Waals surface area contributed by atoms with Gasteiger partial charge in [0, 0.05) is 31.5 Å². The van der Waals surface area contributed by atoms with Crippen LogP contribution in [0.15, 0.2) is 0 Å². The van der Waals surface area contributed by atoms with Crippen LogP contribution >= 0.6 is 0 Å². The van der Waals surface area contributed by atoms with E-state index in [1.54, 1.807) is 0 Å². The highest BCUT2D eigenvalue weighted by Gasteiger charge is 2.41. The Balaban J connectivity index is 1.46. The monoisotopic (exact) mass is 251 g/mol. The van der Waals surface area contributed by atoms with Crippen molar-refractivity contribution in [3.8, 4) is 0 Å². The molecule has 1 heterocycles. The molecule has 2 saturated carbocycles. The molecule has 3 rings (SSSR count). The fraction of sp³-hybridized carbons (Fsp3) is 0.933. The topological polar surface area (TPSA) is 38.3 Å². The zero-order chi connectivity index (χ0) is 12.4. The molecule has 3 nitrogen and oxygen atoms in total. The third kappa shape index (κ3) is 2.94. The van der Waals surface area contributed by atoms with Gasteiger partial charge >= 0.3 is 0 Å². The van der Waals surface area contributed by atoms with Crippen LogP contribution in [0.25, 0.3) is 0 Å². The second kappa shape index (κ2) is 5.30. The van der Waals surface area contributed by atoms with Crippen molar-refractivity contribution in [2.45, 2.75) is 69.4 Å². The maximum atomic E-state index is 12.2. The molecule has 3 aliphatic rings. The molecule has 2 aliphatic carbocycles. The minimum Gasteiger partial charge on any atom is -0.375 e. The summed E-state index contributed by atoms with van der Waals surface area (Å²) in [5.74, 6) is 0.746. The highest BCUT2D eigenvalue weighted by molar-refractivity contribution is 5.81. The fourth-order valence-electron chi connectivity index (χ4n) is 3.56. The number of ketones is 1. The van der Waals surface area contributed by atoms with Gasteiger partial charge in [-0.05, 0) is 38.5 Å². The first kappa shape index (κ1) is 12.6. The number of hydrogen-bond donors (Lipinski definition) is 1. The molecule has 102 valence electrons. The molecule has 18 heavy (non-hydrogen) atoms. The summed E-state index contributed by atoms with van der Waals surface area (Å²) < 4.78 is 5.99. The molecular formula is C15H25NO2. The van der Waals surface area contributed by atoms with E-state index in [4.69, 9.17) is 4.74 Å². The quantitative estimate of drug-likeness (QED) is 0.815. The van der Waals surface area contributed by atoms with Gasteiger partial charge in [-0.15, -0.1) is 0 Å². The van der Waals surface area contributed by atoms with Gasteiger partial charge in [-0.2, -0.15) is 0 Å². The summed E-state index contributed by atoms with van der Waals surface area (Å²) in [7, 11) is 0. The highest BCUT2D eigenvalue weighted by atomic mass is 16.5. The molecule has 1 spiro atoms. The van der Waals surface area contributed by atoms with Crippen LogP contribution in [0.1, 0.15) is 57.8 Å². The average Bonchev–Trinajstić information content (AvgIpc) is 3.10. The first-order chi connectivity index (χ1) is 8.77. The van der Waals surface area contributed by atoms with E-state index in [9.17, 15) is 4.79 Å². The minimum absolute atomic E-state index is 0.0858. The second-order valence-corrected chi connectivity index (χ2v) is 6.37. The summed E-state index contributed by atoms with van der Waals surface area (Å²) in [5, 5.41) is 3.44. The molecule has 1 unspecified atom stereocenters.